The second-order valence-electron chi connectivity index (χ2n) is 6.39. The highest BCUT2D eigenvalue weighted by atomic mass is 16.5. The predicted molar refractivity (Wildman–Crippen MR) is 78.6 cm³/mol. The molecule has 2 bridgehead atoms. The van der Waals surface area contributed by atoms with Crippen molar-refractivity contribution < 1.29 is 9.53 Å². The van der Waals surface area contributed by atoms with Gasteiger partial charge in [-0.15, -0.1) is 0 Å². The average Bonchev–Trinajstić information content (AvgIpc) is 2.74. The standard InChI is InChI=1S/C17H23NO2/c1-11-4-6-12(7-5-11)15-9-14-8-13(10-18(14)2)16(15)17(19)20-3/h4-7,13-16H,8-10H2,1-3H3/t13?,14-,15?,16?/m1/s1. The monoisotopic (exact) mass is 273 g/mol. The van der Waals surface area contributed by atoms with Crippen molar-refractivity contribution in [3.8, 4) is 0 Å². The largest absolute Gasteiger partial charge is 0.469 e. The van der Waals surface area contributed by atoms with E-state index in [0.29, 0.717) is 17.9 Å². The Morgan fingerprint density at radius 3 is 2.60 bits per heavy atom. The number of likely N-dealkylation sites (tertiary alicyclic amines) is 1. The summed E-state index contributed by atoms with van der Waals surface area (Å²) in [6.45, 7) is 3.12. The summed E-state index contributed by atoms with van der Waals surface area (Å²) >= 11 is 0. The quantitative estimate of drug-likeness (QED) is 0.776. The lowest BCUT2D eigenvalue weighted by Gasteiger charge is -2.35. The fourth-order valence-corrected chi connectivity index (χ4v) is 4.08. The summed E-state index contributed by atoms with van der Waals surface area (Å²) in [6.07, 6.45) is 2.20. The van der Waals surface area contributed by atoms with Crippen molar-refractivity contribution in [3.05, 3.63) is 35.4 Å². The van der Waals surface area contributed by atoms with Crippen molar-refractivity contribution in [2.24, 2.45) is 11.8 Å². The molecule has 20 heavy (non-hydrogen) atoms. The van der Waals surface area contributed by atoms with Crippen molar-refractivity contribution in [1.82, 2.24) is 4.90 Å². The van der Waals surface area contributed by atoms with Crippen LogP contribution in [0.4, 0.5) is 0 Å². The van der Waals surface area contributed by atoms with Crippen LogP contribution >= 0.6 is 0 Å². The fourth-order valence-electron chi connectivity index (χ4n) is 4.08. The molecule has 0 amide bonds. The highest BCUT2D eigenvalue weighted by Gasteiger charge is 2.48. The number of hydrogen-bond acceptors (Lipinski definition) is 3. The lowest BCUT2D eigenvalue weighted by molar-refractivity contribution is -0.148. The number of benzene rings is 1. The van der Waals surface area contributed by atoms with Crippen LogP contribution in [0.1, 0.15) is 29.9 Å². The second kappa shape index (κ2) is 5.21. The van der Waals surface area contributed by atoms with Gasteiger partial charge in [0.05, 0.1) is 13.0 Å². The Kier molecular flexibility index (Phi) is 3.55. The molecular weight excluding hydrogens is 250 g/mol. The van der Waals surface area contributed by atoms with Crippen LogP contribution in [0.5, 0.6) is 0 Å². The van der Waals surface area contributed by atoms with E-state index in [1.807, 2.05) is 0 Å². The van der Waals surface area contributed by atoms with Gasteiger partial charge in [-0.1, -0.05) is 29.8 Å². The highest BCUT2D eigenvalue weighted by molar-refractivity contribution is 5.74. The van der Waals surface area contributed by atoms with Crippen molar-refractivity contribution in [1.29, 1.82) is 0 Å². The lowest BCUT2D eigenvalue weighted by Crippen LogP contribution is -2.36. The van der Waals surface area contributed by atoms with Crippen LogP contribution in [0.25, 0.3) is 0 Å². The van der Waals surface area contributed by atoms with Crippen molar-refractivity contribution in [3.63, 3.8) is 0 Å². The first-order valence-corrected chi connectivity index (χ1v) is 7.44. The number of fused-ring (bicyclic) bond motifs is 2. The maximum atomic E-state index is 12.3. The number of hydrogen-bond donors (Lipinski definition) is 0. The topological polar surface area (TPSA) is 29.5 Å². The molecule has 1 aliphatic carbocycles. The molecule has 3 rings (SSSR count). The van der Waals surface area contributed by atoms with Gasteiger partial charge < -0.3 is 9.64 Å². The summed E-state index contributed by atoms with van der Waals surface area (Å²) in [6, 6.07) is 9.27. The molecule has 2 aliphatic rings. The Bertz CT molecular complexity index is 494. The van der Waals surface area contributed by atoms with Gasteiger partial charge in [-0.3, -0.25) is 4.79 Å². The number of carbonyl (C=O) groups is 1. The van der Waals surface area contributed by atoms with Crippen LogP contribution < -0.4 is 0 Å². The maximum absolute atomic E-state index is 12.3. The van der Waals surface area contributed by atoms with E-state index in [1.165, 1.54) is 18.2 Å². The molecule has 1 aromatic carbocycles. The van der Waals surface area contributed by atoms with Crippen LogP contribution in [0.2, 0.25) is 0 Å². The number of aryl methyl sites for hydroxylation is 1. The average molecular weight is 273 g/mol. The number of esters is 1. The van der Waals surface area contributed by atoms with E-state index in [4.69, 9.17) is 4.74 Å². The summed E-state index contributed by atoms with van der Waals surface area (Å²) in [5, 5.41) is 0. The number of methoxy groups -OCH3 is 1. The van der Waals surface area contributed by atoms with E-state index in [1.54, 1.807) is 0 Å². The van der Waals surface area contributed by atoms with E-state index < -0.39 is 0 Å². The van der Waals surface area contributed by atoms with Crippen LogP contribution in [-0.4, -0.2) is 37.6 Å². The molecule has 1 aromatic rings. The van der Waals surface area contributed by atoms with Crippen LogP contribution in [0.3, 0.4) is 0 Å². The molecule has 0 aromatic heterocycles. The Morgan fingerprint density at radius 1 is 1.25 bits per heavy atom. The van der Waals surface area contributed by atoms with Gasteiger partial charge in [0.2, 0.25) is 0 Å². The van der Waals surface area contributed by atoms with E-state index in [9.17, 15) is 4.79 Å². The molecule has 1 saturated carbocycles. The third-order valence-electron chi connectivity index (χ3n) is 5.17. The van der Waals surface area contributed by atoms with Crippen molar-refractivity contribution in [2.45, 2.75) is 31.7 Å². The third kappa shape index (κ3) is 2.24. The fraction of sp³-hybridized carbons (Fsp3) is 0.588. The molecule has 1 heterocycles. The molecule has 3 heteroatoms. The number of rotatable bonds is 2. The molecule has 2 fully saturated rings. The van der Waals surface area contributed by atoms with Crippen LogP contribution in [-0.2, 0) is 9.53 Å². The van der Waals surface area contributed by atoms with Gasteiger partial charge in [0, 0.05) is 12.6 Å². The van der Waals surface area contributed by atoms with E-state index in [2.05, 4.69) is 43.1 Å². The molecule has 1 saturated heterocycles. The smallest absolute Gasteiger partial charge is 0.309 e. The molecule has 3 unspecified atom stereocenters. The summed E-state index contributed by atoms with van der Waals surface area (Å²) in [7, 11) is 3.69. The predicted octanol–water partition coefficient (Wildman–Crippen LogP) is 2.59. The van der Waals surface area contributed by atoms with Gasteiger partial charge >= 0.3 is 5.97 Å². The molecule has 1 aliphatic heterocycles. The Morgan fingerprint density at radius 2 is 1.95 bits per heavy atom. The van der Waals surface area contributed by atoms with Gasteiger partial charge in [0.1, 0.15) is 0 Å². The highest BCUT2D eigenvalue weighted by Crippen LogP contribution is 2.47. The molecule has 108 valence electrons. The van der Waals surface area contributed by atoms with Gasteiger partial charge in [-0.05, 0) is 44.2 Å². The van der Waals surface area contributed by atoms with Crippen LogP contribution in [0, 0.1) is 18.8 Å². The van der Waals surface area contributed by atoms with E-state index >= 15 is 0 Å². The Balaban J connectivity index is 1.94. The number of carbonyl (C=O) groups excluding carboxylic acids is 1. The zero-order valence-corrected chi connectivity index (χ0v) is 12.5. The molecule has 3 nitrogen and oxygen atoms in total. The van der Waals surface area contributed by atoms with E-state index in [0.717, 1.165) is 19.4 Å². The molecular formula is C17H23NO2. The minimum atomic E-state index is -0.0330. The lowest BCUT2D eigenvalue weighted by atomic mass is 9.70. The van der Waals surface area contributed by atoms with Gasteiger partial charge in [0.15, 0.2) is 0 Å². The first kappa shape index (κ1) is 13.6. The Labute approximate surface area is 120 Å². The molecule has 0 radical (unpaired) electrons. The zero-order valence-electron chi connectivity index (χ0n) is 12.5. The summed E-state index contributed by atoms with van der Waals surface area (Å²) in [5.41, 5.74) is 2.55. The maximum Gasteiger partial charge on any atom is 0.309 e. The molecule has 0 spiro atoms. The summed E-state index contributed by atoms with van der Waals surface area (Å²) in [4.78, 5) is 14.7. The zero-order chi connectivity index (χ0) is 14.3. The number of ether oxygens (including phenoxy) is 1. The van der Waals surface area contributed by atoms with Crippen molar-refractivity contribution >= 4 is 5.97 Å². The first-order chi connectivity index (χ1) is 9.60. The third-order valence-corrected chi connectivity index (χ3v) is 5.17. The minimum absolute atomic E-state index is 0.0175. The number of nitrogens with zero attached hydrogens (tertiary/aromatic N) is 1. The summed E-state index contributed by atoms with van der Waals surface area (Å²) in [5.74, 6) is 0.729. The van der Waals surface area contributed by atoms with Crippen LogP contribution in [0.15, 0.2) is 24.3 Å². The normalized spacial score (nSPS) is 33.1. The molecule has 4 atom stereocenters. The van der Waals surface area contributed by atoms with Gasteiger partial charge in [-0.2, -0.15) is 0 Å². The second-order valence-corrected chi connectivity index (χ2v) is 6.39. The van der Waals surface area contributed by atoms with Gasteiger partial charge in [0.25, 0.3) is 0 Å². The SMILES string of the molecule is COC(=O)C1C2C[C@H](CC1c1ccc(C)cc1)N(C)C2. The minimum Gasteiger partial charge on any atom is -0.469 e. The summed E-state index contributed by atoms with van der Waals surface area (Å²) < 4.78 is 5.09. The van der Waals surface area contributed by atoms with Crippen molar-refractivity contribution in [2.75, 3.05) is 20.7 Å². The van der Waals surface area contributed by atoms with E-state index in [-0.39, 0.29) is 11.9 Å². The first-order valence-electron chi connectivity index (χ1n) is 7.44. The van der Waals surface area contributed by atoms with Gasteiger partial charge in [-0.25, -0.2) is 0 Å². The molecule has 0 N–H and O–H groups in total. The Hall–Kier alpha value is -1.35.